The lowest BCUT2D eigenvalue weighted by Gasteiger charge is -2.22. The van der Waals surface area contributed by atoms with Crippen molar-refractivity contribution in [2.45, 2.75) is 39.7 Å². The molecule has 3 aromatic rings. The van der Waals surface area contributed by atoms with Gasteiger partial charge in [-0.1, -0.05) is 25.1 Å². The summed E-state index contributed by atoms with van der Waals surface area (Å²) in [6.07, 6.45) is 2.45. The normalized spacial score (nSPS) is 11.3. The summed E-state index contributed by atoms with van der Waals surface area (Å²) in [5, 5.41) is 7.35. The highest BCUT2D eigenvalue weighted by Gasteiger charge is 2.21. The van der Waals surface area contributed by atoms with Crippen LogP contribution < -0.4 is 15.4 Å². The minimum Gasteiger partial charge on any atom is -0.496 e. The topological polar surface area (TPSA) is 63.2 Å². The van der Waals surface area contributed by atoms with Gasteiger partial charge in [0.25, 0.3) is 5.91 Å². The molecule has 0 radical (unpaired) electrons. The lowest BCUT2D eigenvalue weighted by molar-refractivity contribution is 0.0920. The van der Waals surface area contributed by atoms with Crippen LogP contribution in [0.3, 0.4) is 0 Å². The first-order valence-electron chi connectivity index (χ1n) is 9.46. The van der Waals surface area contributed by atoms with Crippen LogP contribution >= 0.6 is 0 Å². The number of rotatable bonds is 5. The average molecular weight is 377 g/mol. The van der Waals surface area contributed by atoms with Gasteiger partial charge < -0.3 is 15.4 Å². The number of aryl methyl sites for hydroxylation is 1. The molecule has 1 amide bonds. The van der Waals surface area contributed by atoms with Gasteiger partial charge in [-0.3, -0.25) is 9.78 Å². The molecule has 0 fully saturated rings. The number of para-hydroxylation sites is 1. The molecule has 5 nitrogen and oxygen atoms in total. The third-order valence-corrected chi connectivity index (χ3v) is 4.43. The Labute approximate surface area is 166 Å². The Kier molecular flexibility index (Phi) is 5.54. The van der Waals surface area contributed by atoms with E-state index in [9.17, 15) is 4.79 Å². The average Bonchev–Trinajstić information content (AvgIpc) is 2.66. The van der Waals surface area contributed by atoms with Crippen molar-refractivity contribution in [3.8, 4) is 5.75 Å². The van der Waals surface area contributed by atoms with Crippen molar-refractivity contribution in [1.29, 1.82) is 0 Å². The molecule has 1 heterocycles. The van der Waals surface area contributed by atoms with Gasteiger partial charge in [-0.2, -0.15) is 0 Å². The highest BCUT2D eigenvalue weighted by atomic mass is 16.5. The van der Waals surface area contributed by atoms with Gasteiger partial charge in [0.2, 0.25) is 0 Å². The summed E-state index contributed by atoms with van der Waals surface area (Å²) in [6.45, 7) is 7.97. The molecule has 0 atom stereocenters. The predicted molar refractivity (Wildman–Crippen MR) is 115 cm³/mol. The van der Waals surface area contributed by atoms with E-state index < -0.39 is 0 Å². The van der Waals surface area contributed by atoms with Gasteiger partial charge in [-0.05, 0) is 51.0 Å². The number of anilines is 2. The number of amides is 1. The van der Waals surface area contributed by atoms with Crippen molar-refractivity contribution < 1.29 is 9.53 Å². The van der Waals surface area contributed by atoms with E-state index in [1.807, 2.05) is 57.2 Å². The van der Waals surface area contributed by atoms with Gasteiger partial charge in [0.1, 0.15) is 5.75 Å². The van der Waals surface area contributed by atoms with Crippen molar-refractivity contribution in [2.24, 2.45) is 0 Å². The van der Waals surface area contributed by atoms with Gasteiger partial charge in [0.15, 0.2) is 0 Å². The molecule has 2 aromatic carbocycles. The van der Waals surface area contributed by atoms with Crippen molar-refractivity contribution in [3.63, 3.8) is 0 Å². The van der Waals surface area contributed by atoms with Crippen LogP contribution in [0, 0.1) is 0 Å². The number of carbonyl (C=O) groups is 1. The van der Waals surface area contributed by atoms with Crippen molar-refractivity contribution in [2.75, 3.05) is 12.4 Å². The largest absolute Gasteiger partial charge is 0.496 e. The predicted octanol–water partition coefficient (Wildman–Crippen LogP) is 5.08. The number of ether oxygens (including phenoxy) is 1. The van der Waals surface area contributed by atoms with Crippen LogP contribution in [0.2, 0.25) is 0 Å². The Hall–Kier alpha value is -3.08. The number of hydrogen-bond donors (Lipinski definition) is 2. The number of carbonyl (C=O) groups excluding carboxylic acids is 1. The summed E-state index contributed by atoms with van der Waals surface area (Å²) in [5.41, 5.74) is 3.67. The minimum absolute atomic E-state index is 0.158. The standard InChI is InChI=1S/C23H27N3O2/c1-6-15-12-17-19(13-20(15)28-5)24-14-18(22(27)26-23(2,3)4)21(17)25-16-10-8-7-9-11-16/h7-14H,6H2,1-5H3,(H,24,25)(H,26,27). The Morgan fingerprint density at radius 2 is 1.86 bits per heavy atom. The lowest BCUT2D eigenvalue weighted by Crippen LogP contribution is -2.40. The molecule has 146 valence electrons. The van der Waals surface area contributed by atoms with E-state index in [2.05, 4.69) is 28.6 Å². The molecule has 28 heavy (non-hydrogen) atoms. The van der Waals surface area contributed by atoms with Crippen molar-refractivity contribution in [3.05, 3.63) is 59.8 Å². The number of hydrogen-bond acceptors (Lipinski definition) is 4. The van der Waals surface area contributed by atoms with Gasteiger partial charge in [0.05, 0.1) is 23.9 Å². The van der Waals surface area contributed by atoms with Gasteiger partial charge >= 0.3 is 0 Å². The fourth-order valence-corrected chi connectivity index (χ4v) is 3.11. The van der Waals surface area contributed by atoms with E-state index in [0.717, 1.165) is 40.0 Å². The molecule has 5 heteroatoms. The van der Waals surface area contributed by atoms with Crippen molar-refractivity contribution >= 4 is 28.2 Å². The van der Waals surface area contributed by atoms with E-state index in [1.54, 1.807) is 13.3 Å². The van der Waals surface area contributed by atoms with Gasteiger partial charge in [-0.25, -0.2) is 0 Å². The molecule has 3 rings (SSSR count). The zero-order chi connectivity index (χ0) is 20.3. The molecule has 0 unspecified atom stereocenters. The monoisotopic (exact) mass is 377 g/mol. The molecule has 0 saturated heterocycles. The maximum absolute atomic E-state index is 13.0. The molecule has 0 aliphatic heterocycles. The van der Waals surface area contributed by atoms with Gasteiger partial charge in [0, 0.05) is 28.9 Å². The maximum Gasteiger partial charge on any atom is 0.255 e. The zero-order valence-electron chi connectivity index (χ0n) is 17.1. The van der Waals surface area contributed by atoms with Crippen LogP contribution in [0.1, 0.15) is 43.6 Å². The second-order valence-corrected chi connectivity index (χ2v) is 7.78. The Bertz CT molecular complexity index is 992. The van der Waals surface area contributed by atoms with Crippen LogP contribution in [-0.4, -0.2) is 23.5 Å². The fraction of sp³-hybridized carbons (Fsp3) is 0.304. The maximum atomic E-state index is 13.0. The third-order valence-electron chi connectivity index (χ3n) is 4.43. The second kappa shape index (κ2) is 7.89. The molecule has 0 saturated carbocycles. The number of benzene rings is 2. The molecule has 0 spiro atoms. The molecular formula is C23H27N3O2. The fourth-order valence-electron chi connectivity index (χ4n) is 3.11. The quantitative estimate of drug-likeness (QED) is 0.651. The smallest absolute Gasteiger partial charge is 0.255 e. The summed E-state index contributed by atoms with van der Waals surface area (Å²) in [7, 11) is 1.66. The Balaban J connectivity index is 2.21. The summed E-state index contributed by atoms with van der Waals surface area (Å²) >= 11 is 0. The minimum atomic E-state index is -0.343. The number of aromatic nitrogens is 1. The Morgan fingerprint density at radius 1 is 1.14 bits per heavy atom. The molecule has 0 aliphatic rings. The number of nitrogens with zero attached hydrogens (tertiary/aromatic N) is 1. The lowest BCUT2D eigenvalue weighted by atomic mass is 10.0. The molecular weight excluding hydrogens is 350 g/mol. The Morgan fingerprint density at radius 3 is 2.46 bits per heavy atom. The van der Waals surface area contributed by atoms with Gasteiger partial charge in [-0.15, -0.1) is 0 Å². The molecule has 0 aliphatic carbocycles. The van der Waals surface area contributed by atoms with E-state index in [4.69, 9.17) is 4.74 Å². The molecule has 2 N–H and O–H groups in total. The third kappa shape index (κ3) is 4.25. The highest BCUT2D eigenvalue weighted by Crippen LogP contribution is 2.34. The van der Waals surface area contributed by atoms with Crippen LogP contribution in [-0.2, 0) is 6.42 Å². The summed E-state index contributed by atoms with van der Waals surface area (Å²) in [5.74, 6) is 0.647. The zero-order valence-corrected chi connectivity index (χ0v) is 17.1. The number of nitrogens with one attached hydrogen (secondary N) is 2. The number of fused-ring (bicyclic) bond motifs is 1. The molecule has 1 aromatic heterocycles. The summed E-state index contributed by atoms with van der Waals surface area (Å²) in [4.78, 5) is 17.5. The first-order valence-corrected chi connectivity index (χ1v) is 9.46. The van der Waals surface area contributed by atoms with E-state index in [1.165, 1.54) is 0 Å². The van der Waals surface area contributed by atoms with Crippen LogP contribution in [0.15, 0.2) is 48.7 Å². The van der Waals surface area contributed by atoms with Crippen LogP contribution in [0.4, 0.5) is 11.4 Å². The summed E-state index contributed by atoms with van der Waals surface area (Å²) in [6, 6.07) is 13.8. The van der Waals surface area contributed by atoms with Crippen LogP contribution in [0.25, 0.3) is 10.9 Å². The number of pyridine rings is 1. The van der Waals surface area contributed by atoms with E-state index in [-0.39, 0.29) is 11.4 Å². The second-order valence-electron chi connectivity index (χ2n) is 7.78. The summed E-state index contributed by atoms with van der Waals surface area (Å²) < 4.78 is 5.51. The molecule has 0 bridgehead atoms. The first-order chi connectivity index (χ1) is 13.3. The SMILES string of the molecule is CCc1cc2c(Nc3ccccc3)c(C(=O)NC(C)(C)C)cnc2cc1OC. The van der Waals surface area contributed by atoms with E-state index >= 15 is 0 Å². The number of methoxy groups -OCH3 is 1. The van der Waals surface area contributed by atoms with Crippen molar-refractivity contribution in [1.82, 2.24) is 10.3 Å². The highest BCUT2D eigenvalue weighted by molar-refractivity contribution is 6.08. The van der Waals surface area contributed by atoms with E-state index in [0.29, 0.717) is 5.56 Å². The first kappa shape index (κ1) is 19.7. The van der Waals surface area contributed by atoms with Crippen LogP contribution in [0.5, 0.6) is 5.75 Å².